The fraction of sp³-hybridized carbons (Fsp3) is 0.538. The van der Waals surface area contributed by atoms with Crippen molar-refractivity contribution in [1.29, 1.82) is 0 Å². The zero-order chi connectivity index (χ0) is 13.8. The SMILES string of the molecule is Nc1ccc(Br)c(CN2CCCC(OC(F)F)C2)c1. The Bertz CT molecular complexity index is 431. The lowest BCUT2D eigenvalue weighted by Gasteiger charge is -2.32. The quantitative estimate of drug-likeness (QED) is 0.859. The molecule has 0 radical (unpaired) electrons. The van der Waals surface area contributed by atoms with Crippen LogP contribution in [0.2, 0.25) is 0 Å². The normalized spacial score (nSPS) is 20.9. The number of rotatable bonds is 4. The van der Waals surface area contributed by atoms with E-state index >= 15 is 0 Å². The van der Waals surface area contributed by atoms with E-state index in [1.807, 2.05) is 18.2 Å². The van der Waals surface area contributed by atoms with Crippen LogP contribution >= 0.6 is 15.9 Å². The van der Waals surface area contributed by atoms with E-state index in [0.29, 0.717) is 25.2 Å². The van der Waals surface area contributed by atoms with Crippen LogP contribution in [0.3, 0.4) is 0 Å². The number of ether oxygens (including phenoxy) is 1. The number of anilines is 1. The molecule has 0 amide bonds. The van der Waals surface area contributed by atoms with Crippen LogP contribution in [0, 0.1) is 0 Å². The van der Waals surface area contributed by atoms with Gasteiger partial charge in [-0.05, 0) is 43.1 Å². The first-order valence-corrected chi connectivity index (χ1v) is 7.04. The number of hydrogen-bond acceptors (Lipinski definition) is 3. The highest BCUT2D eigenvalue weighted by atomic mass is 79.9. The van der Waals surface area contributed by atoms with Gasteiger partial charge in [0.05, 0.1) is 6.10 Å². The molecular formula is C13H17BrF2N2O. The molecule has 2 rings (SSSR count). The van der Waals surface area contributed by atoms with Gasteiger partial charge in [-0.1, -0.05) is 15.9 Å². The van der Waals surface area contributed by atoms with Gasteiger partial charge in [-0.3, -0.25) is 4.90 Å². The molecule has 0 aromatic heterocycles. The van der Waals surface area contributed by atoms with Crippen LogP contribution in [0.5, 0.6) is 0 Å². The summed E-state index contributed by atoms with van der Waals surface area (Å²) in [6.07, 6.45) is 1.18. The summed E-state index contributed by atoms with van der Waals surface area (Å²) in [5, 5.41) is 0. The maximum atomic E-state index is 12.2. The number of alkyl halides is 2. The molecule has 1 fully saturated rings. The highest BCUT2D eigenvalue weighted by molar-refractivity contribution is 9.10. The number of hydrogen-bond donors (Lipinski definition) is 1. The largest absolute Gasteiger partial charge is 0.399 e. The van der Waals surface area contributed by atoms with E-state index in [0.717, 1.165) is 23.0 Å². The predicted octanol–water partition coefficient (Wildman–Crippen LogP) is 3.23. The molecule has 2 N–H and O–H groups in total. The zero-order valence-corrected chi connectivity index (χ0v) is 12.1. The third kappa shape index (κ3) is 4.40. The Hall–Kier alpha value is -0.720. The number of benzene rings is 1. The number of piperidine rings is 1. The molecule has 1 aromatic rings. The minimum Gasteiger partial charge on any atom is -0.399 e. The van der Waals surface area contributed by atoms with Crippen LogP contribution < -0.4 is 5.73 Å². The standard InChI is InChI=1S/C13H17BrF2N2O/c14-12-4-3-10(17)6-9(12)7-18-5-1-2-11(8-18)19-13(15)16/h3-4,6,11,13H,1-2,5,7-8,17H2. The second kappa shape index (κ2) is 6.63. The highest BCUT2D eigenvalue weighted by Gasteiger charge is 2.23. The average Bonchev–Trinajstić information content (AvgIpc) is 2.33. The number of nitrogens with two attached hydrogens (primary N) is 1. The molecule has 0 saturated carbocycles. The van der Waals surface area contributed by atoms with Gasteiger partial charge in [0.2, 0.25) is 0 Å². The van der Waals surface area contributed by atoms with Gasteiger partial charge in [-0.2, -0.15) is 8.78 Å². The molecule has 1 aliphatic heterocycles. The highest BCUT2D eigenvalue weighted by Crippen LogP contribution is 2.23. The molecule has 1 heterocycles. The second-order valence-corrected chi connectivity index (χ2v) is 5.60. The summed E-state index contributed by atoms with van der Waals surface area (Å²) < 4.78 is 30.0. The van der Waals surface area contributed by atoms with E-state index in [4.69, 9.17) is 5.73 Å². The van der Waals surface area contributed by atoms with Crippen LogP contribution in [0.1, 0.15) is 18.4 Å². The molecule has 1 aromatic carbocycles. The Morgan fingerprint density at radius 1 is 1.47 bits per heavy atom. The lowest BCUT2D eigenvalue weighted by Crippen LogP contribution is -2.39. The monoisotopic (exact) mass is 334 g/mol. The topological polar surface area (TPSA) is 38.5 Å². The minimum absolute atomic E-state index is 0.381. The van der Waals surface area contributed by atoms with Crippen molar-refractivity contribution in [3.8, 4) is 0 Å². The Kier molecular flexibility index (Phi) is 5.13. The Balaban J connectivity index is 1.96. The van der Waals surface area contributed by atoms with Crippen LogP contribution in [0.4, 0.5) is 14.5 Å². The zero-order valence-electron chi connectivity index (χ0n) is 10.5. The van der Waals surface area contributed by atoms with Crippen molar-refractivity contribution in [2.45, 2.75) is 32.1 Å². The van der Waals surface area contributed by atoms with E-state index in [9.17, 15) is 8.78 Å². The van der Waals surface area contributed by atoms with Gasteiger partial charge in [0.15, 0.2) is 0 Å². The average molecular weight is 335 g/mol. The van der Waals surface area contributed by atoms with Crippen LogP contribution in [-0.4, -0.2) is 30.7 Å². The third-order valence-corrected chi connectivity index (χ3v) is 3.99. The summed E-state index contributed by atoms with van der Waals surface area (Å²) in [4.78, 5) is 2.12. The van der Waals surface area contributed by atoms with Gasteiger partial charge >= 0.3 is 6.61 Å². The van der Waals surface area contributed by atoms with Crippen LogP contribution in [0.25, 0.3) is 0 Å². The summed E-state index contributed by atoms with van der Waals surface area (Å²) in [5.74, 6) is 0. The van der Waals surface area contributed by atoms with E-state index in [-0.39, 0.29) is 6.10 Å². The summed E-state index contributed by atoms with van der Waals surface area (Å²) in [6, 6.07) is 5.63. The van der Waals surface area contributed by atoms with E-state index in [2.05, 4.69) is 25.6 Å². The summed E-state index contributed by atoms with van der Waals surface area (Å²) in [7, 11) is 0. The maximum Gasteiger partial charge on any atom is 0.345 e. The van der Waals surface area contributed by atoms with Crippen LogP contribution in [-0.2, 0) is 11.3 Å². The molecule has 0 spiro atoms. The van der Waals surface area contributed by atoms with Gasteiger partial charge in [-0.25, -0.2) is 0 Å². The first-order valence-electron chi connectivity index (χ1n) is 6.24. The van der Waals surface area contributed by atoms with Gasteiger partial charge in [0.25, 0.3) is 0 Å². The molecule has 6 heteroatoms. The number of halogens is 3. The lowest BCUT2D eigenvalue weighted by molar-refractivity contribution is -0.174. The van der Waals surface area contributed by atoms with Gasteiger partial charge in [0, 0.05) is 23.2 Å². The fourth-order valence-corrected chi connectivity index (χ4v) is 2.74. The Labute approximate surface area is 119 Å². The summed E-state index contributed by atoms with van der Waals surface area (Å²) in [5.41, 5.74) is 7.53. The van der Waals surface area contributed by atoms with E-state index in [1.54, 1.807) is 0 Å². The predicted molar refractivity (Wildman–Crippen MR) is 73.9 cm³/mol. The van der Waals surface area contributed by atoms with Gasteiger partial charge < -0.3 is 10.5 Å². The molecule has 1 atom stereocenters. The molecule has 19 heavy (non-hydrogen) atoms. The molecule has 0 aliphatic carbocycles. The maximum absolute atomic E-state index is 12.2. The molecule has 1 aliphatic rings. The number of nitrogens with zero attached hydrogens (tertiary/aromatic N) is 1. The number of nitrogen functional groups attached to an aromatic ring is 1. The minimum atomic E-state index is -2.69. The van der Waals surface area contributed by atoms with Crippen molar-refractivity contribution in [3.05, 3.63) is 28.2 Å². The molecule has 106 valence electrons. The third-order valence-electron chi connectivity index (χ3n) is 3.22. The van der Waals surface area contributed by atoms with Gasteiger partial charge in [0.1, 0.15) is 0 Å². The van der Waals surface area contributed by atoms with E-state index < -0.39 is 6.61 Å². The van der Waals surface area contributed by atoms with Crippen molar-refractivity contribution in [2.24, 2.45) is 0 Å². The van der Waals surface area contributed by atoms with E-state index in [1.165, 1.54) is 0 Å². The van der Waals surface area contributed by atoms with Gasteiger partial charge in [-0.15, -0.1) is 0 Å². The van der Waals surface area contributed by atoms with Crippen molar-refractivity contribution in [1.82, 2.24) is 4.90 Å². The molecule has 0 bridgehead atoms. The molecule has 1 unspecified atom stereocenters. The Morgan fingerprint density at radius 3 is 3.00 bits per heavy atom. The van der Waals surface area contributed by atoms with Crippen molar-refractivity contribution in [3.63, 3.8) is 0 Å². The molecular weight excluding hydrogens is 318 g/mol. The smallest absolute Gasteiger partial charge is 0.345 e. The Morgan fingerprint density at radius 2 is 2.26 bits per heavy atom. The lowest BCUT2D eigenvalue weighted by atomic mass is 10.1. The molecule has 3 nitrogen and oxygen atoms in total. The first-order chi connectivity index (χ1) is 9.04. The summed E-state index contributed by atoms with van der Waals surface area (Å²) >= 11 is 3.48. The first kappa shape index (κ1) is 14.7. The second-order valence-electron chi connectivity index (χ2n) is 4.75. The molecule has 1 saturated heterocycles. The van der Waals surface area contributed by atoms with Crippen molar-refractivity contribution in [2.75, 3.05) is 18.8 Å². The number of likely N-dealkylation sites (tertiary alicyclic amines) is 1. The van der Waals surface area contributed by atoms with Crippen LogP contribution in [0.15, 0.2) is 22.7 Å². The summed E-state index contributed by atoms with van der Waals surface area (Å²) in [6.45, 7) is -0.575. The van der Waals surface area contributed by atoms with Crippen molar-refractivity contribution < 1.29 is 13.5 Å². The van der Waals surface area contributed by atoms with Crippen molar-refractivity contribution >= 4 is 21.6 Å². The fourth-order valence-electron chi connectivity index (χ4n) is 2.37.